The van der Waals surface area contributed by atoms with Crippen molar-refractivity contribution in [1.29, 1.82) is 0 Å². The highest BCUT2D eigenvalue weighted by Crippen LogP contribution is 2.37. The van der Waals surface area contributed by atoms with E-state index < -0.39 is 40.1 Å². The highest BCUT2D eigenvalue weighted by molar-refractivity contribution is 7.85. The van der Waals surface area contributed by atoms with Crippen LogP contribution >= 0.6 is 0 Å². The molecule has 0 unspecified atom stereocenters. The monoisotopic (exact) mass is 529 g/mol. The van der Waals surface area contributed by atoms with Crippen molar-refractivity contribution in [3.8, 4) is 11.4 Å². The maximum absolute atomic E-state index is 14.7. The number of hydrogen-bond acceptors (Lipinski definition) is 9. The molecule has 2 aromatic heterocycles. The molecule has 0 bridgehead atoms. The van der Waals surface area contributed by atoms with Crippen LogP contribution in [0.3, 0.4) is 0 Å². The molecular weight excluding hydrogens is 496 g/mol. The van der Waals surface area contributed by atoms with Crippen molar-refractivity contribution in [3.05, 3.63) is 23.5 Å². The Labute approximate surface area is 210 Å². The van der Waals surface area contributed by atoms with Crippen LogP contribution < -0.4 is 4.90 Å². The van der Waals surface area contributed by atoms with E-state index in [0.717, 1.165) is 6.26 Å². The number of anilines is 1. The maximum atomic E-state index is 14.7. The largest absolute Gasteiger partial charge is 0.460 e. The molecular formula is C23H33F2N5O5S. The van der Waals surface area contributed by atoms with Gasteiger partial charge in [0.15, 0.2) is 0 Å². The third kappa shape index (κ3) is 7.42. The van der Waals surface area contributed by atoms with E-state index in [0.29, 0.717) is 34.9 Å². The number of aryl methyl sites for hydroxylation is 2. The Bertz CT molecular complexity index is 1210. The first-order valence-corrected chi connectivity index (χ1v) is 13.5. The van der Waals surface area contributed by atoms with Gasteiger partial charge >= 0.3 is 5.97 Å². The van der Waals surface area contributed by atoms with Crippen molar-refractivity contribution in [3.63, 3.8) is 0 Å². The number of pyridine rings is 1. The fraction of sp³-hybridized carbons (Fsp3) is 0.652. The zero-order valence-corrected chi connectivity index (χ0v) is 22.2. The third-order valence-electron chi connectivity index (χ3n) is 5.58. The van der Waals surface area contributed by atoms with E-state index in [4.69, 9.17) is 8.92 Å². The molecule has 13 heteroatoms. The van der Waals surface area contributed by atoms with Crippen LogP contribution in [0.15, 0.2) is 12.1 Å². The molecule has 36 heavy (non-hydrogen) atoms. The number of alkyl halides is 2. The number of halogens is 2. The van der Waals surface area contributed by atoms with Crippen LogP contribution in [0.2, 0.25) is 0 Å². The Kier molecular flexibility index (Phi) is 8.04. The summed E-state index contributed by atoms with van der Waals surface area (Å²) in [5, 5.41) is 8.03. The second kappa shape index (κ2) is 10.4. The summed E-state index contributed by atoms with van der Waals surface area (Å²) < 4.78 is 63.9. The van der Waals surface area contributed by atoms with E-state index in [1.165, 1.54) is 4.68 Å². The average Bonchev–Trinajstić information content (AvgIpc) is 3.09. The fourth-order valence-corrected chi connectivity index (χ4v) is 4.55. The van der Waals surface area contributed by atoms with Gasteiger partial charge in [0.05, 0.1) is 42.0 Å². The summed E-state index contributed by atoms with van der Waals surface area (Å²) in [6, 6.07) is 3.33. The first kappa shape index (κ1) is 27.9. The van der Waals surface area contributed by atoms with E-state index in [1.54, 1.807) is 44.9 Å². The van der Waals surface area contributed by atoms with Gasteiger partial charge < -0.3 is 9.64 Å². The Morgan fingerprint density at radius 2 is 1.97 bits per heavy atom. The molecule has 2 aromatic rings. The number of carbonyl (C=O) groups excluding carboxylic acids is 1. The molecule has 0 spiro atoms. The summed E-state index contributed by atoms with van der Waals surface area (Å²) in [4.78, 5) is 18.5. The topological polar surface area (TPSA) is 117 Å². The number of esters is 1. The van der Waals surface area contributed by atoms with Gasteiger partial charge in [0.2, 0.25) is 0 Å². The minimum atomic E-state index is -3.69. The summed E-state index contributed by atoms with van der Waals surface area (Å²) in [6.45, 7) is 6.59. The number of hydrogen-bond donors (Lipinski definition) is 0. The second-order valence-corrected chi connectivity index (χ2v) is 11.7. The lowest BCUT2D eigenvalue weighted by atomic mass is 9.91. The molecule has 1 aliphatic rings. The highest BCUT2D eigenvalue weighted by atomic mass is 32.2. The highest BCUT2D eigenvalue weighted by Gasteiger charge is 2.42. The number of aromatic nitrogens is 4. The van der Waals surface area contributed by atoms with E-state index in [-0.39, 0.29) is 26.0 Å². The van der Waals surface area contributed by atoms with Crippen molar-refractivity contribution < 1.29 is 30.9 Å². The molecule has 0 saturated carbocycles. The number of piperidine rings is 1. The number of carbonyl (C=O) groups is 1. The first-order chi connectivity index (χ1) is 16.6. The van der Waals surface area contributed by atoms with E-state index >= 15 is 0 Å². The molecule has 200 valence electrons. The van der Waals surface area contributed by atoms with Gasteiger partial charge in [0, 0.05) is 20.0 Å². The van der Waals surface area contributed by atoms with Crippen LogP contribution in [-0.4, -0.2) is 65.2 Å². The lowest BCUT2D eigenvalue weighted by Crippen LogP contribution is -2.48. The zero-order valence-electron chi connectivity index (χ0n) is 21.4. The number of nitrogens with zero attached hydrogens (tertiary/aromatic N) is 5. The summed E-state index contributed by atoms with van der Waals surface area (Å²) >= 11 is 0. The fourth-order valence-electron chi connectivity index (χ4n) is 4.22. The molecule has 0 aromatic carbocycles. The van der Waals surface area contributed by atoms with Crippen molar-refractivity contribution in [1.82, 2.24) is 20.0 Å². The number of rotatable bonds is 8. The molecule has 0 amide bonds. The van der Waals surface area contributed by atoms with E-state index in [9.17, 15) is 22.0 Å². The summed E-state index contributed by atoms with van der Waals surface area (Å²) in [6.07, 6.45) is 0.916. The molecule has 1 saturated heterocycles. The summed E-state index contributed by atoms with van der Waals surface area (Å²) in [5.41, 5.74) is 1.60. The molecule has 0 N–H and O–H groups in total. The lowest BCUT2D eigenvalue weighted by molar-refractivity contribution is -0.156. The van der Waals surface area contributed by atoms with Crippen LogP contribution in [0, 0.1) is 5.92 Å². The molecule has 3 rings (SSSR count). The molecule has 10 nitrogen and oxygen atoms in total. The predicted molar refractivity (Wildman–Crippen MR) is 129 cm³/mol. The Hall–Kier alpha value is -2.67. The SMILES string of the molecule is CCc1nc(-c2nnn(C)c2COS(C)(=O)=O)ccc1N1C[C@@H](CC(=O)OC(C)(C)C)CC(F)(F)C1. The Morgan fingerprint density at radius 3 is 2.58 bits per heavy atom. The van der Waals surface area contributed by atoms with Crippen LogP contribution in [-0.2, 0) is 43.9 Å². The molecule has 1 aliphatic heterocycles. The van der Waals surface area contributed by atoms with Crippen LogP contribution in [0.4, 0.5) is 14.5 Å². The van der Waals surface area contributed by atoms with Crippen molar-refractivity contribution in [2.45, 2.75) is 65.1 Å². The average molecular weight is 530 g/mol. The smallest absolute Gasteiger partial charge is 0.306 e. The standard InChI is InChI=1S/C23H33F2N5O5S/c1-7-16-18(30-12-15(11-23(24,25)14-30)10-20(31)35-22(2,3)4)9-8-17(26-16)21-19(29(5)28-27-21)13-34-36(6,32)33/h8-9,15H,7,10-14H2,1-6H3/t15-/m0/s1. The van der Waals surface area contributed by atoms with Gasteiger partial charge in [-0.3, -0.25) is 8.98 Å². The van der Waals surface area contributed by atoms with Gasteiger partial charge in [0.25, 0.3) is 16.0 Å². The van der Waals surface area contributed by atoms with Gasteiger partial charge in [-0.1, -0.05) is 12.1 Å². The third-order valence-corrected chi connectivity index (χ3v) is 6.13. The Morgan fingerprint density at radius 1 is 1.28 bits per heavy atom. The predicted octanol–water partition coefficient (Wildman–Crippen LogP) is 3.11. The van der Waals surface area contributed by atoms with Crippen LogP contribution in [0.25, 0.3) is 11.4 Å². The van der Waals surface area contributed by atoms with Crippen molar-refractivity contribution in [2.24, 2.45) is 13.0 Å². The zero-order chi connectivity index (χ0) is 26.9. The molecule has 0 aliphatic carbocycles. The maximum Gasteiger partial charge on any atom is 0.306 e. The normalized spacial score (nSPS) is 18.3. The minimum absolute atomic E-state index is 0.0976. The van der Waals surface area contributed by atoms with Crippen LogP contribution in [0.5, 0.6) is 0 Å². The van der Waals surface area contributed by atoms with Gasteiger partial charge in [-0.25, -0.2) is 18.4 Å². The molecule has 3 heterocycles. The van der Waals surface area contributed by atoms with E-state index in [2.05, 4.69) is 15.3 Å². The molecule has 1 fully saturated rings. The Balaban J connectivity index is 1.87. The van der Waals surface area contributed by atoms with Crippen molar-refractivity contribution in [2.75, 3.05) is 24.2 Å². The summed E-state index contributed by atoms with van der Waals surface area (Å²) in [7, 11) is -2.08. The molecule has 1 atom stereocenters. The van der Waals surface area contributed by atoms with Gasteiger partial charge in [-0.2, -0.15) is 8.42 Å². The van der Waals surface area contributed by atoms with Gasteiger partial charge in [0.1, 0.15) is 17.9 Å². The van der Waals surface area contributed by atoms with Crippen LogP contribution in [0.1, 0.15) is 51.9 Å². The quantitative estimate of drug-likeness (QED) is 0.376. The lowest BCUT2D eigenvalue weighted by Gasteiger charge is -2.39. The number of ether oxygens (including phenoxy) is 1. The van der Waals surface area contributed by atoms with Crippen molar-refractivity contribution >= 4 is 21.8 Å². The minimum Gasteiger partial charge on any atom is -0.460 e. The summed E-state index contributed by atoms with van der Waals surface area (Å²) in [5.74, 6) is -4.05. The molecule has 0 radical (unpaired) electrons. The van der Waals surface area contributed by atoms with Gasteiger partial charge in [-0.05, 0) is 45.2 Å². The van der Waals surface area contributed by atoms with E-state index in [1.807, 2.05) is 6.92 Å². The first-order valence-electron chi connectivity index (χ1n) is 11.6. The second-order valence-electron chi connectivity index (χ2n) is 10.1. The van der Waals surface area contributed by atoms with Gasteiger partial charge in [-0.15, -0.1) is 5.10 Å².